The third kappa shape index (κ3) is 4.72. The van der Waals surface area contributed by atoms with Gasteiger partial charge in [-0.3, -0.25) is 4.79 Å². The molecule has 0 atom stereocenters. The topological polar surface area (TPSA) is 91.6 Å². The summed E-state index contributed by atoms with van der Waals surface area (Å²) in [6, 6.07) is 6.76. The molecule has 1 aliphatic rings. The molecule has 9 heteroatoms. The first-order valence-corrected chi connectivity index (χ1v) is 8.77. The van der Waals surface area contributed by atoms with Crippen LogP contribution in [-0.4, -0.2) is 58.1 Å². The number of anilines is 1. The first-order valence-electron chi connectivity index (χ1n) is 8.39. The van der Waals surface area contributed by atoms with Gasteiger partial charge in [-0.15, -0.1) is 10.2 Å². The van der Waals surface area contributed by atoms with Crippen LogP contribution in [0, 0.1) is 6.92 Å². The van der Waals surface area contributed by atoms with Crippen LogP contribution >= 0.6 is 11.6 Å². The summed E-state index contributed by atoms with van der Waals surface area (Å²) in [5.74, 6) is 0.989. The molecule has 3 rings (SSSR count). The van der Waals surface area contributed by atoms with E-state index in [1.807, 2.05) is 0 Å². The van der Waals surface area contributed by atoms with Crippen molar-refractivity contribution in [2.75, 3.05) is 31.5 Å². The molecule has 138 valence electrons. The quantitative estimate of drug-likeness (QED) is 0.882. The highest BCUT2D eigenvalue weighted by Gasteiger charge is 2.24. The van der Waals surface area contributed by atoms with E-state index in [4.69, 9.17) is 16.0 Å². The van der Waals surface area contributed by atoms with Gasteiger partial charge in [-0.25, -0.2) is 4.79 Å². The zero-order chi connectivity index (χ0) is 18.5. The van der Waals surface area contributed by atoms with Crippen molar-refractivity contribution >= 4 is 29.2 Å². The van der Waals surface area contributed by atoms with Gasteiger partial charge in [0, 0.05) is 56.7 Å². The van der Waals surface area contributed by atoms with Gasteiger partial charge in [0.25, 0.3) is 0 Å². The predicted molar refractivity (Wildman–Crippen MR) is 96.0 cm³/mol. The lowest BCUT2D eigenvalue weighted by Gasteiger charge is -2.34. The summed E-state index contributed by atoms with van der Waals surface area (Å²) >= 11 is 5.83. The van der Waals surface area contributed by atoms with Gasteiger partial charge in [-0.1, -0.05) is 11.6 Å². The van der Waals surface area contributed by atoms with E-state index in [0.29, 0.717) is 61.5 Å². The number of aromatic nitrogens is 2. The molecule has 0 saturated carbocycles. The van der Waals surface area contributed by atoms with Crippen molar-refractivity contribution in [2.45, 2.75) is 19.8 Å². The summed E-state index contributed by atoms with van der Waals surface area (Å²) in [7, 11) is 0. The maximum atomic E-state index is 12.3. The summed E-state index contributed by atoms with van der Waals surface area (Å²) in [4.78, 5) is 28.0. The van der Waals surface area contributed by atoms with Gasteiger partial charge in [0.05, 0.1) is 0 Å². The highest BCUT2D eigenvalue weighted by Crippen LogP contribution is 2.15. The van der Waals surface area contributed by atoms with Gasteiger partial charge >= 0.3 is 6.03 Å². The molecule has 1 saturated heterocycles. The lowest BCUT2D eigenvalue weighted by Crippen LogP contribution is -2.51. The van der Waals surface area contributed by atoms with Crippen molar-refractivity contribution in [3.8, 4) is 0 Å². The first kappa shape index (κ1) is 18.2. The summed E-state index contributed by atoms with van der Waals surface area (Å²) in [6.07, 6.45) is 0.746. The van der Waals surface area contributed by atoms with Gasteiger partial charge in [0.15, 0.2) is 0 Å². The second kappa shape index (κ2) is 8.18. The van der Waals surface area contributed by atoms with Crippen LogP contribution in [0.1, 0.15) is 18.2 Å². The molecule has 0 spiro atoms. The van der Waals surface area contributed by atoms with Crippen LogP contribution in [0.3, 0.4) is 0 Å². The molecule has 1 fully saturated rings. The Morgan fingerprint density at radius 1 is 1.12 bits per heavy atom. The molecule has 0 unspecified atom stereocenters. The van der Waals surface area contributed by atoms with E-state index in [9.17, 15) is 9.59 Å². The Balaban J connectivity index is 1.43. The van der Waals surface area contributed by atoms with E-state index in [-0.39, 0.29) is 11.9 Å². The van der Waals surface area contributed by atoms with Crippen molar-refractivity contribution in [3.63, 3.8) is 0 Å². The molecular weight excluding hydrogens is 358 g/mol. The van der Waals surface area contributed by atoms with Crippen LogP contribution in [0.25, 0.3) is 0 Å². The number of piperazine rings is 1. The Hall–Kier alpha value is -2.61. The van der Waals surface area contributed by atoms with Crippen LogP contribution in [0.15, 0.2) is 28.7 Å². The number of nitrogens with zero attached hydrogens (tertiary/aromatic N) is 4. The molecule has 1 aromatic heterocycles. The fourth-order valence-corrected chi connectivity index (χ4v) is 2.83. The standard InChI is InChI=1S/C17H20ClN5O3/c1-12-20-21-15(26-12)6-7-16(24)22-8-10-23(11-9-22)17(25)19-14-4-2-13(18)3-5-14/h2-5H,6-11H2,1H3,(H,19,25). The minimum absolute atomic E-state index is 0.0265. The molecule has 1 N–H and O–H groups in total. The number of carbonyl (C=O) groups excluding carboxylic acids is 2. The van der Waals surface area contributed by atoms with E-state index in [0.717, 1.165) is 0 Å². The zero-order valence-corrected chi connectivity index (χ0v) is 15.2. The molecule has 2 heterocycles. The van der Waals surface area contributed by atoms with Crippen molar-refractivity contribution in [1.29, 1.82) is 0 Å². The van der Waals surface area contributed by atoms with Gasteiger partial charge in [0.2, 0.25) is 17.7 Å². The summed E-state index contributed by atoms with van der Waals surface area (Å²) in [5, 5.41) is 11.1. The molecule has 1 aromatic carbocycles. The van der Waals surface area contributed by atoms with Crippen molar-refractivity contribution < 1.29 is 14.0 Å². The minimum atomic E-state index is -0.180. The van der Waals surface area contributed by atoms with Crippen LogP contribution < -0.4 is 5.32 Å². The maximum Gasteiger partial charge on any atom is 0.321 e. The van der Waals surface area contributed by atoms with Crippen LogP contribution in [0.2, 0.25) is 5.02 Å². The van der Waals surface area contributed by atoms with Crippen molar-refractivity contribution in [1.82, 2.24) is 20.0 Å². The Bertz CT molecular complexity index is 769. The molecule has 26 heavy (non-hydrogen) atoms. The van der Waals surface area contributed by atoms with Crippen molar-refractivity contribution in [2.24, 2.45) is 0 Å². The summed E-state index contributed by atoms with van der Waals surface area (Å²) in [5.41, 5.74) is 0.688. The number of urea groups is 1. The number of aryl methyl sites for hydroxylation is 2. The Morgan fingerprint density at radius 2 is 1.77 bits per heavy atom. The Labute approximate surface area is 156 Å². The largest absolute Gasteiger partial charge is 0.426 e. The van der Waals surface area contributed by atoms with E-state index in [2.05, 4.69) is 15.5 Å². The molecule has 0 aliphatic carbocycles. The van der Waals surface area contributed by atoms with E-state index in [1.54, 1.807) is 41.0 Å². The molecule has 2 aromatic rings. The second-order valence-corrected chi connectivity index (χ2v) is 6.46. The number of nitrogens with one attached hydrogen (secondary N) is 1. The Morgan fingerprint density at radius 3 is 2.38 bits per heavy atom. The number of benzene rings is 1. The van der Waals surface area contributed by atoms with E-state index < -0.39 is 0 Å². The monoisotopic (exact) mass is 377 g/mol. The highest BCUT2D eigenvalue weighted by atomic mass is 35.5. The fraction of sp³-hybridized carbons (Fsp3) is 0.412. The number of rotatable bonds is 4. The second-order valence-electron chi connectivity index (χ2n) is 6.02. The smallest absolute Gasteiger partial charge is 0.321 e. The molecule has 3 amide bonds. The van der Waals surface area contributed by atoms with Crippen LogP contribution in [0.4, 0.5) is 10.5 Å². The Kier molecular flexibility index (Phi) is 5.72. The first-order chi connectivity index (χ1) is 12.5. The SMILES string of the molecule is Cc1nnc(CCC(=O)N2CCN(C(=O)Nc3ccc(Cl)cc3)CC2)o1. The van der Waals surface area contributed by atoms with Gasteiger partial charge in [-0.05, 0) is 24.3 Å². The van der Waals surface area contributed by atoms with Gasteiger partial charge < -0.3 is 19.5 Å². The fourth-order valence-electron chi connectivity index (χ4n) is 2.71. The van der Waals surface area contributed by atoms with E-state index >= 15 is 0 Å². The highest BCUT2D eigenvalue weighted by molar-refractivity contribution is 6.30. The average molecular weight is 378 g/mol. The maximum absolute atomic E-state index is 12.3. The normalized spacial score (nSPS) is 14.4. The molecule has 8 nitrogen and oxygen atoms in total. The van der Waals surface area contributed by atoms with Crippen LogP contribution in [-0.2, 0) is 11.2 Å². The number of carbonyl (C=O) groups is 2. The average Bonchev–Trinajstić information content (AvgIpc) is 3.07. The van der Waals surface area contributed by atoms with Gasteiger partial charge in [0.1, 0.15) is 0 Å². The summed E-state index contributed by atoms with van der Waals surface area (Å²) < 4.78 is 5.27. The predicted octanol–water partition coefficient (Wildman–Crippen LogP) is 2.34. The lowest BCUT2D eigenvalue weighted by atomic mass is 10.2. The third-order valence-corrected chi connectivity index (χ3v) is 4.39. The summed E-state index contributed by atoms with van der Waals surface area (Å²) in [6.45, 7) is 3.72. The molecular formula is C17H20ClN5O3. The lowest BCUT2D eigenvalue weighted by molar-refractivity contribution is -0.132. The number of halogens is 1. The van der Waals surface area contributed by atoms with Gasteiger partial charge in [-0.2, -0.15) is 0 Å². The molecule has 0 bridgehead atoms. The minimum Gasteiger partial charge on any atom is -0.426 e. The number of amides is 3. The van der Waals surface area contributed by atoms with Crippen molar-refractivity contribution in [3.05, 3.63) is 41.1 Å². The van der Waals surface area contributed by atoms with Crippen LogP contribution in [0.5, 0.6) is 0 Å². The number of hydrogen-bond acceptors (Lipinski definition) is 5. The molecule has 1 aliphatic heterocycles. The molecule has 0 radical (unpaired) electrons. The number of hydrogen-bond donors (Lipinski definition) is 1. The third-order valence-electron chi connectivity index (χ3n) is 4.14. The zero-order valence-electron chi connectivity index (χ0n) is 14.4. The van der Waals surface area contributed by atoms with E-state index in [1.165, 1.54) is 0 Å².